The Hall–Kier alpha value is -5.43. The van der Waals surface area contributed by atoms with Gasteiger partial charge in [0, 0.05) is 35.5 Å². The highest BCUT2D eigenvalue weighted by Crippen LogP contribution is 2.23. The number of methoxy groups -OCH3 is 1. The SMILES string of the molecule is COC(=O)C(Cc1ccc(OCCN(Cc2ccccc2)c2cccc(F)c2)cc1)Nc1ccccc1C(=O)c1ccccc1. The van der Waals surface area contributed by atoms with E-state index in [1.54, 1.807) is 36.4 Å². The summed E-state index contributed by atoms with van der Waals surface area (Å²) in [7, 11) is 1.35. The van der Waals surface area contributed by atoms with E-state index in [-0.39, 0.29) is 11.6 Å². The molecule has 0 saturated carbocycles. The molecule has 0 spiro atoms. The number of hydrogen-bond donors (Lipinski definition) is 1. The lowest BCUT2D eigenvalue weighted by Gasteiger charge is -2.25. The van der Waals surface area contributed by atoms with Gasteiger partial charge in [0.1, 0.15) is 24.2 Å². The van der Waals surface area contributed by atoms with Crippen LogP contribution in [0.4, 0.5) is 15.8 Å². The molecule has 0 heterocycles. The molecule has 6 nitrogen and oxygen atoms in total. The normalized spacial score (nSPS) is 11.3. The van der Waals surface area contributed by atoms with E-state index in [1.807, 2.05) is 84.9 Å². The Balaban J connectivity index is 1.23. The van der Waals surface area contributed by atoms with Crippen LogP contribution in [0.1, 0.15) is 27.0 Å². The number of rotatable bonds is 14. The molecule has 228 valence electrons. The molecule has 7 heteroatoms. The second kappa shape index (κ2) is 15.3. The van der Waals surface area contributed by atoms with Gasteiger partial charge in [0.15, 0.2) is 5.78 Å². The van der Waals surface area contributed by atoms with Crippen LogP contribution in [0.3, 0.4) is 0 Å². The predicted octanol–water partition coefficient (Wildman–Crippen LogP) is 7.34. The van der Waals surface area contributed by atoms with E-state index in [4.69, 9.17) is 9.47 Å². The Labute approximate surface area is 263 Å². The maximum absolute atomic E-state index is 14.0. The fourth-order valence-corrected chi connectivity index (χ4v) is 5.08. The summed E-state index contributed by atoms with van der Waals surface area (Å²) < 4.78 is 25.1. The summed E-state index contributed by atoms with van der Waals surface area (Å²) >= 11 is 0. The summed E-state index contributed by atoms with van der Waals surface area (Å²) in [5.41, 5.74) is 4.39. The first-order chi connectivity index (χ1) is 22.0. The highest BCUT2D eigenvalue weighted by Gasteiger charge is 2.22. The number of halogens is 1. The van der Waals surface area contributed by atoms with Crippen LogP contribution < -0.4 is 15.0 Å². The van der Waals surface area contributed by atoms with Crippen molar-refractivity contribution >= 4 is 23.1 Å². The minimum absolute atomic E-state index is 0.136. The lowest BCUT2D eigenvalue weighted by atomic mass is 10.00. The Morgan fingerprint density at radius 2 is 1.47 bits per heavy atom. The smallest absolute Gasteiger partial charge is 0.328 e. The second-order valence-electron chi connectivity index (χ2n) is 10.5. The molecule has 0 bridgehead atoms. The van der Waals surface area contributed by atoms with Crippen LogP contribution in [0, 0.1) is 5.82 Å². The van der Waals surface area contributed by atoms with Crippen LogP contribution in [-0.4, -0.2) is 38.1 Å². The number of para-hydroxylation sites is 1. The van der Waals surface area contributed by atoms with Gasteiger partial charge in [0.05, 0.1) is 13.7 Å². The lowest BCUT2D eigenvalue weighted by Crippen LogP contribution is -2.33. The minimum atomic E-state index is -0.718. The number of nitrogens with zero attached hydrogens (tertiary/aromatic N) is 1. The average Bonchev–Trinajstić information content (AvgIpc) is 3.08. The quantitative estimate of drug-likeness (QED) is 0.106. The molecule has 0 aliphatic heterocycles. The molecular weight excluding hydrogens is 567 g/mol. The van der Waals surface area contributed by atoms with Crippen molar-refractivity contribution in [2.45, 2.75) is 19.0 Å². The van der Waals surface area contributed by atoms with Crippen molar-refractivity contribution in [3.63, 3.8) is 0 Å². The molecule has 1 atom stereocenters. The Morgan fingerprint density at radius 1 is 0.778 bits per heavy atom. The Bertz CT molecular complexity index is 1690. The number of hydrogen-bond acceptors (Lipinski definition) is 6. The maximum atomic E-state index is 14.0. The van der Waals surface area contributed by atoms with E-state index in [0.29, 0.717) is 48.7 Å². The molecule has 5 aromatic rings. The second-order valence-corrected chi connectivity index (χ2v) is 10.5. The highest BCUT2D eigenvalue weighted by molar-refractivity contribution is 6.12. The van der Waals surface area contributed by atoms with Gasteiger partial charge in [-0.3, -0.25) is 4.79 Å². The van der Waals surface area contributed by atoms with Crippen molar-refractivity contribution in [1.82, 2.24) is 0 Å². The molecule has 0 aliphatic carbocycles. The van der Waals surface area contributed by atoms with Crippen LogP contribution in [0.5, 0.6) is 5.75 Å². The summed E-state index contributed by atoms with van der Waals surface area (Å²) in [5.74, 6) is -0.177. The third kappa shape index (κ3) is 8.57. The molecule has 5 rings (SSSR count). The molecule has 1 N–H and O–H groups in total. The van der Waals surface area contributed by atoms with Crippen molar-refractivity contribution in [1.29, 1.82) is 0 Å². The summed E-state index contributed by atoms with van der Waals surface area (Å²) in [6.07, 6.45) is 0.339. The van der Waals surface area contributed by atoms with Crippen molar-refractivity contribution < 1.29 is 23.5 Å². The first-order valence-corrected chi connectivity index (χ1v) is 14.8. The first kappa shape index (κ1) is 31.0. The third-order valence-electron chi connectivity index (χ3n) is 7.41. The van der Waals surface area contributed by atoms with Crippen LogP contribution >= 0.6 is 0 Å². The topological polar surface area (TPSA) is 67.9 Å². The number of carbonyl (C=O) groups excluding carboxylic acids is 2. The van der Waals surface area contributed by atoms with Crippen molar-refractivity contribution in [2.75, 3.05) is 30.5 Å². The number of carbonyl (C=O) groups is 2. The minimum Gasteiger partial charge on any atom is -0.492 e. The maximum Gasteiger partial charge on any atom is 0.328 e. The number of ketones is 1. The third-order valence-corrected chi connectivity index (χ3v) is 7.41. The van der Waals surface area contributed by atoms with E-state index < -0.39 is 12.0 Å². The van der Waals surface area contributed by atoms with Gasteiger partial charge < -0.3 is 19.7 Å². The van der Waals surface area contributed by atoms with Crippen molar-refractivity contribution in [3.8, 4) is 5.75 Å². The van der Waals surface area contributed by atoms with Gasteiger partial charge >= 0.3 is 5.97 Å². The van der Waals surface area contributed by atoms with Crippen molar-refractivity contribution in [3.05, 3.63) is 162 Å². The molecule has 45 heavy (non-hydrogen) atoms. The number of anilines is 2. The van der Waals surface area contributed by atoms with Gasteiger partial charge in [-0.2, -0.15) is 0 Å². The molecule has 5 aromatic carbocycles. The molecule has 0 fully saturated rings. The summed E-state index contributed by atoms with van der Waals surface area (Å²) in [6.45, 7) is 1.56. The average molecular weight is 603 g/mol. The van der Waals surface area contributed by atoms with Gasteiger partial charge in [-0.15, -0.1) is 0 Å². The molecule has 0 aliphatic rings. The Morgan fingerprint density at radius 3 is 2.18 bits per heavy atom. The van der Waals surface area contributed by atoms with Gasteiger partial charge in [-0.25, -0.2) is 9.18 Å². The largest absolute Gasteiger partial charge is 0.492 e. The van der Waals surface area contributed by atoms with Gasteiger partial charge in [0.2, 0.25) is 0 Å². The van der Waals surface area contributed by atoms with E-state index in [9.17, 15) is 14.0 Å². The number of benzene rings is 5. The van der Waals surface area contributed by atoms with Gasteiger partial charge in [-0.1, -0.05) is 91.0 Å². The zero-order valence-corrected chi connectivity index (χ0v) is 25.1. The molecule has 0 aromatic heterocycles. The number of esters is 1. The molecule has 0 saturated heterocycles. The molecule has 0 radical (unpaired) electrons. The molecule has 0 amide bonds. The van der Waals surface area contributed by atoms with Gasteiger partial charge in [0.25, 0.3) is 0 Å². The monoisotopic (exact) mass is 602 g/mol. The zero-order chi connectivity index (χ0) is 31.4. The van der Waals surface area contributed by atoms with Crippen LogP contribution in [0.25, 0.3) is 0 Å². The Kier molecular flexibility index (Phi) is 10.6. The number of ether oxygens (including phenoxy) is 2. The lowest BCUT2D eigenvalue weighted by molar-refractivity contribution is -0.141. The van der Waals surface area contributed by atoms with Crippen molar-refractivity contribution in [2.24, 2.45) is 0 Å². The van der Waals surface area contributed by atoms with Crippen LogP contribution in [0.15, 0.2) is 133 Å². The summed E-state index contributed by atoms with van der Waals surface area (Å²) in [6, 6.07) is 39.6. The standard InChI is InChI=1S/C38H35FN2O4/c1-44-38(43)36(40-35-18-9-8-17-34(35)37(42)30-13-6-3-7-14-30)25-28-19-21-33(22-20-28)45-24-23-41(27-29-11-4-2-5-12-29)32-16-10-15-31(39)26-32/h2-22,26,36,40H,23-25,27H2,1H3. The zero-order valence-electron chi connectivity index (χ0n) is 25.1. The fourth-order valence-electron chi connectivity index (χ4n) is 5.08. The van der Waals surface area contributed by atoms with E-state index >= 15 is 0 Å². The predicted molar refractivity (Wildman–Crippen MR) is 175 cm³/mol. The molecule has 1 unspecified atom stereocenters. The number of nitrogens with one attached hydrogen (secondary N) is 1. The van der Waals surface area contributed by atoms with E-state index in [0.717, 1.165) is 16.8 Å². The first-order valence-electron chi connectivity index (χ1n) is 14.8. The molecular formula is C38H35FN2O4. The van der Waals surface area contributed by atoms with Crippen LogP contribution in [-0.2, 0) is 22.5 Å². The summed E-state index contributed by atoms with van der Waals surface area (Å²) in [5, 5.41) is 3.24. The van der Waals surface area contributed by atoms with Gasteiger partial charge in [-0.05, 0) is 53.6 Å². The van der Waals surface area contributed by atoms with Crippen LogP contribution in [0.2, 0.25) is 0 Å². The summed E-state index contributed by atoms with van der Waals surface area (Å²) in [4.78, 5) is 28.1. The highest BCUT2D eigenvalue weighted by atomic mass is 19.1. The van der Waals surface area contributed by atoms with E-state index in [2.05, 4.69) is 10.2 Å². The van der Waals surface area contributed by atoms with E-state index in [1.165, 1.54) is 19.2 Å². The fraction of sp³-hybridized carbons (Fsp3) is 0.158.